The van der Waals surface area contributed by atoms with E-state index in [1.165, 1.54) is 19.2 Å². The van der Waals surface area contributed by atoms with Gasteiger partial charge in [0.15, 0.2) is 5.76 Å². The first kappa shape index (κ1) is 16.2. The molecular formula is C11H11F7O2Si. The summed E-state index contributed by atoms with van der Waals surface area (Å²) in [7, 11) is -3.29. The number of rotatable bonds is 2. The van der Waals surface area contributed by atoms with Crippen molar-refractivity contribution >= 4 is 8.56 Å². The monoisotopic (exact) mass is 336 g/mol. The molecular weight excluding hydrogens is 325 g/mol. The van der Waals surface area contributed by atoms with E-state index in [0.717, 1.165) is 0 Å². The van der Waals surface area contributed by atoms with E-state index in [2.05, 4.69) is 0 Å². The highest BCUT2D eigenvalue weighted by molar-refractivity contribution is 6.65. The zero-order valence-corrected chi connectivity index (χ0v) is 12.0. The summed E-state index contributed by atoms with van der Waals surface area (Å²) in [4.78, 5) is 0. The van der Waals surface area contributed by atoms with Crippen molar-refractivity contribution < 1.29 is 39.6 Å². The normalized spacial score (nSPS) is 22.4. The van der Waals surface area contributed by atoms with Crippen LogP contribution in [-0.4, -0.2) is 26.6 Å². The zero-order valence-electron chi connectivity index (χ0n) is 11.0. The Bertz CT molecular complexity index is 519. The molecule has 0 aromatic carbocycles. The average molecular weight is 336 g/mol. The van der Waals surface area contributed by atoms with Crippen LogP contribution in [0.1, 0.15) is 12.8 Å². The Morgan fingerprint density at radius 1 is 1.00 bits per heavy atom. The second-order valence-electron chi connectivity index (χ2n) is 5.17. The summed E-state index contributed by atoms with van der Waals surface area (Å²) in [6.07, 6.45) is -4.91. The third kappa shape index (κ3) is 2.42. The molecule has 0 radical (unpaired) electrons. The highest BCUT2D eigenvalue weighted by atomic mass is 28.4. The minimum atomic E-state index is -6.39. The van der Waals surface area contributed by atoms with Crippen LogP contribution in [0.25, 0.3) is 0 Å². The smallest absolute Gasteiger partial charge is 0.460 e. The summed E-state index contributed by atoms with van der Waals surface area (Å²) in [5, 5.41) is 0. The van der Waals surface area contributed by atoms with Gasteiger partial charge in [-0.05, 0) is 18.9 Å². The van der Waals surface area contributed by atoms with Gasteiger partial charge in [-0.25, -0.2) is 0 Å². The Morgan fingerprint density at radius 2 is 1.57 bits per heavy atom. The van der Waals surface area contributed by atoms with Gasteiger partial charge in [-0.2, -0.15) is 30.7 Å². The quantitative estimate of drug-likeness (QED) is 0.546. The molecule has 120 valence electrons. The molecule has 0 aromatic rings. The number of alkyl halides is 7. The van der Waals surface area contributed by atoms with Crippen molar-refractivity contribution in [2.24, 2.45) is 0 Å². The molecule has 0 saturated heterocycles. The predicted octanol–water partition coefficient (Wildman–Crippen LogP) is 4.50. The molecule has 1 aliphatic heterocycles. The van der Waals surface area contributed by atoms with Crippen LogP contribution in [0, 0.1) is 0 Å². The molecule has 0 unspecified atom stereocenters. The lowest BCUT2D eigenvalue weighted by Crippen LogP contribution is -2.56. The van der Waals surface area contributed by atoms with Crippen LogP contribution >= 0.6 is 0 Å². The van der Waals surface area contributed by atoms with Gasteiger partial charge in [0.2, 0.25) is 0 Å². The van der Waals surface area contributed by atoms with Crippen LogP contribution in [0.5, 0.6) is 0 Å². The molecule has 10 heteroatoms. The third-order valence-electron chi connectivity index (χ3n) is 3.03. The lowest BCUT2D eigenvalue weighted by atomic mass is 10.0. The molecule has 2 rings (SSSR count). The average Bonchev–Trinajstić information content (AvgIpc) is 2.72. The summed E-state index contributed by atoms with van der Waals surface area (Å²) in [6, 6.07) is 0. The van der Waals surface area contributed by atoms with Gasteiger partial charge in [0.05, 0.1) is 0 Å². The Kier molecular flexibility index (Phi) is 3.39. The van der Waals surface area contributed by atoms with E-state index >= 15 is 0 Å². The SMILES string of the molecule is C[Si]1(C)OC2=CCCC2=C(C(F)(F)C(F)(F)C(F)(F)F)O1. The molecule has 2 nitrogen and oxygen atoms in total. The molecule has 2 aliphatic rings. The van der Waals surface area contributed by atoms with Crippen molar-refractivity contribution in [3.63, 3.8) is 0 Å². The van der Waals surface area contributed by atoms with E-state index in [9.17, 15) is 30.7 Å². The van der Waals surface area contributed by atoms with E-state index in [1.807, 2.05) is 0 Å². The second kappa shape index (κ2) is 4.40. The van der Waals surface area contributed by atoms with Crippen molar-refractivity contribution in [1.29, 1.82) is 0 Å². The summed E-state index contributed by atoms with van der Waals surface area (Å²) in [5.41, 5.74) is -0.421. The molecule has 21 heavy (non-hydrogen) atoms. The van der Waals surface area contributed by atoms with Crippen LogP contribution in [0.2, 0.25) is 13.1 Å². The second-order valence-corrected chi connectivity index (χ2v) is 8.37. The first-order chi connectivity index (χ1) is 9.30. The molecule has 0 saturated carbocycles. The van der Waals surface area contributed by atoms with Gasteiger partial charge in [-0.3, -0.25) is 0 Å². The van der Waals surface area contributed by atoms with Crippen LogP contribution in [-0.2, 0) is 8.85 Å². The van der Waals surface area contributed by atoms with E-state index in [-0.39, 0.29) is 18.6 Å². The topological polar surface area (TPSA) is 18.5 Å². The van der Waals surface area contributed by atoms with Crippen molar-refractivity contribution in [2.75, 3.05) is 0 Å². The number of allylic oxidation sites excluding steroid dienone is 3. The molecule has 0 N–H and O–H groups in total. The summed E-state index contributed by atoms with van der Waals surface area (Å²) < 4.78 is 101. The highest BCUT2D eigenvalue weighted by Gasteiger charge is 2.76. The van der Waals surface area contributed by atoms with Gasteiger partial charge in [0, 0.05) is 18.7 Å². The van der Waals surface area contributed by atoms with Gasteiger partial charge < -0.3 is 8.85 Å². The lowest BCUT2D eigenvalue weighted by Gasteiger charge is -2.38. The number of hydrogen-bond donors (Lipinski definition) is 0. The molecule has 0 fully saturated rings. The Hall–Kier alpha value is -1.19. The van der Waals surface area contributed by atoms with E-state index in [1.54, 1.807) is 0 Å². The standard InChI is InChI=1S/C11H11F7O2Si/c1-21(2)19-7-5-3-4-6(7)8(20-21)9(12,13)10(14,15)11(16,17)18/h5H,3-4H2,1-2H3. The van der Waals surface area contributed by atoms with Crippen LogP contribution in [0.4, 0.5) is 30.7 Å². The maximum Gasteiger partial charge on any atom is 0.460 e. The molecule has 1 aliphatic carbocycles. The fourth-order valence-electron chi connectivity index (χ4n) is 2.09. The van der Waals surface area contributed by atoms with Crippen molar-refractivity contribution in [3.05, 3.63) is 23.2 Å². The van der Waals surface area contributed by atoms with Crippen LogP contribution in [0.3, 0.4) is 0 Å². The number of fused-ring (bicyclic) bond motifs is 1. The van der Waals surface area contributed by atoms with Crippen LogP contribution < -0.4 is 0 Å². The molecule has 0 atom stereocenters. The van der Waals surface area contributed by atoms with Crippen molar-refractivity contribution in [1.82, 2.24) is 0 Å². The maximum absolute atomic E-state index is 13.9. The number of halogens is 7. The van der Waals surface area contributed by atoms with E-state index in [4.69, 9.17) is 8.85 Å². The van der Waals surface area contributed by atoms with Gasteiger partial charge in [-0.1, -0.05) is 0 Å². The Morgan fingerprint density at radius 3 is 2.10 bits per heavy atom. The fourth-order valence-corrected chi connectivity index (χ4v) is 3.61. The first-order valence-corrected chi connectivity index (χ1v) is 8.76. The summed E-state index contributed by atoms with van der Waals surface area (Å²) in [5.74, 6) is -13.4. The summed E-state index contributed by atoms with van der Waals surface area (Å²) >= 11 is 0. The zero-order chi connectivity index (χ0) is 16.3. The van der Waals surface area contributed by atoms with Gasteiger partial charge in [0.1, 0.15) is 5.76 Å². The van der Waals surface area contributed by atoms with Crippen molar-refractivity contribution in [3.8, 4) is 0 Å². The van der Waals surface area contributed by atoms with Gasteiger partial charge in [-0.15, -0.1) is 0 Å². The number of hydrogen-bond acceptors (Lipinski definition) is 2. The van der Waals surface area contributed by atoms with Gasteiger partial charge in [0.25, 0.3) is 0 Å². The van der Waals surface area contributed by atoms with Crippen LogP contribution in [0.15, 0.2) is 23.2 Å². The molecule has 0 spiro atoms. The largest absolute Gasteiger partial charge is 0.512 e. The molecule has 0 amide bonds. The molecule has 0 bridgehead atoms. The van der Waals surface area contributed by atoms with Gasteiger partial charge >= 0.3 is 26.6 Å². The van der Waals surface area contributed by atoms with Crippen molar-refractivity contribution in [2.45, 2.75) is 44.0 Å². The first-order valence-electron chi connectivity index (χ1n) is 5.94. The summed E-state index contributed by atoms with van der Waals surface area (Å²) in [6.45, 7) is 2.56. The molecule has 1 heterocycles. The lowest BCUT2D eigenvalue weighted by molar-refractivity contribution is -0.349. The Labute approximate surface area is 116 Å². The van der Waals surface area contributed by atoms with E-state index in [0.29, 0.717) is 0 Å². The fraction of sp³-hybridized carbons (Fsp3) is 0.636. The minimum Gasteiger partial charge on any atom is -0.512 e. The maximum atomic E-state index is 13.9. The predicted molar refractivity (Wildman–Crippen MR) is 59.9 cm³/mol. The third-order valence-corrected chi connectivity index (χ3v) is 4.44. The molecule has 0 aromatic heterocycles. The highest BCUT2D eigenvalue weighted by Crippen LogP contribution is 2.53. The van der Waals surface area contributed by atoms with E-state index < -0.39 is 37.9 Å². The Balaban J connectivity index is 2.55. The minimum absolute atomic E-state index is 0.0782.